The van der Waals surface area contributed by atoms with Crippen molar-refractivity contribution in [3.8, 4) is 0 Å². The first-order valence-corrected chi connectivity index (χ1v) is 4.61. The van der Waals surface area contributed by atoms with Crippen molar-refractivity contribution in [2.24, 2.45) is 10.7 Å². The lowest BCUT2D eigenvalue weighted by molar-refractivity contribution is -0.141. The summed E-state index contributed by atoms with van der Waals surface area (Å²) in [6.07, 6.45) is 4.32. The third-order valence-electron chi connectivity index (χ3n) is 2.20. The lowest BCUT2D eigenvalue weighted by Gasteiger charge is -2.08. The van der Waals surface area contributed by atoms with Crippen LogP contribution in [0.15, 0.2) is 4.99 Å². The molecule has 1 unspecified atom stereocenters. The molecule has 0 aromatic rings. The highest BCUT2D eigenvalue weighted by molar-refractivity contribution is 5.85. The van der Waals surface area contributed by atoms with Crippen molar-refractivity contribution >= 4 is 24.2 Å². The molecular weight excluding hydrogens is 204 g/mol. The van der Waals surface area contributed by atoms with E-state index in [4.69, 9.17) is 5.73 Å². The fourth-order valence-electron chi connectivity index (χ4n) is 1.47. The quantitative estimate of drug-likeness (QED) is 0.713. The van der Waals surface area contributed by atoms with E-state index in [0.717, 1.165) is 25.7 Å². The lowest BCUT2D eigenvalue weighted by Crippen LogP contribution is -2.17. The van der Waals surface area contributed by atoms with Crippen molar-refractivity contribution < 1.29 is 9.53 Å². The Morgan fingerprint density at radius 3 is 3.00 bits per heavy atom. The standard InChI is InChI=1S/C9H16N2O2.ClH/c1-13-9(12)6-7-4-2-3-5-8(10)11-7;/h7H,2-6H2,1H3,(H2,10,11);1H. The van der Waals surface area contributed by atoms with Crippen LogP contribution in [0.2, 0.25) is 0 Å². The Hall–Kier alpha value is -0.770. The second kappa shape index (κ2) is 6.65. The van der Waals surface area contributed by atoms with Crippen molar-refractivity contribution in [3.63, 3.8) is 0 Å². The molecule has 1 aliphatic heterocycles. The zero-order chi connectivity index (χ0) is 9.68. The molecule has 1 aliphatic rings. The molecule has 0 amide bonds. The van der Waals surface area contributed by atoms with Crippen molar-refractivity contribution in [1.29, 1.82) is 0 Å². The number of carbonyl (C=O) groups is 1. The van der Waals surface area contributed by atoms with Gasteiger partial charge in [0.15, 0.2) is 0 Å². The van der Waals surface area contributed by atoms with Crippen LogP contribution in [0.3, 0.4) is 0 Å². The minimum absolute atomic E-state index is 0. The Kier molecular flexibility index (Phi) is 6.28. The van der Waals surface area contributed by atoms with Crippen LogP contribution in [0.5, 0.6) is 0 Å². The van der Waals surface area contributed by atoms with Crippen LogP contribution in [0, 0.1) is 0 Å². The Balaban J connectivity index is 0.00000169. The normalized spacial score (nSPS) is 21.5. The lowest BCUT2D eigenvalue weighted by atomic mass is 10.1. The molecule has 4 nitrogen and oxygen atoms in total. The van der Waals surface area contributed by atoms with E-state index in [1.165, 1.54) is 7.11 Å². The maximum Gasteiger partial charge on any atom is 0.307 e. The van der Waals surface area contributed by atoms with Crippen LogP contribution in [-0.4, -0.2) is 25.0 Å². The molecule has 0 saturated heterocycles. The van der Waals surface area contributed by atoms with Crippen LogP contribution in [0.25, 0.3) is 0 Å². The first-order chi connectivity index (χ1) is 6.22. The number of rotatable bonds is 2. The van der Waals surface area contributed by atoms with Crippen LogP contribution in [0.1, 0.15) is 32.1 Å². The van der Waals surface area contributed by atoms with Gasteiger partial charge in [-0.15, -0.1) is 12.4 Å². The van der Waals surface area contributed by atoms with Crippen molar-refractivity contribution in [2.45, 2.75) is 38.1 Å². The van der Waals surface area contributed by atoms with E-state index in [2.05, 4.69) is 9.73 Å². The van der Waals surface area contributed by atoms with E-state index in [1.807, 2.05) is 0 Å². The average Bonchev–Trinajstić information content (AvgIpc) is 2.30. The number of ether oxygens (including phenoxy) is 1. The van der Waals surface area contributed by atoms with E-state index in [9.17, 15) is 4.79 Å². The second-order valence-electron chi connectivity index (χ2n) is 3.30. The van der Waals surface area contributed by atoms with Gasteiger partial charge in [0.25, 0.3) is 0 Å². The molecule has 0 radical (unpaired) electrons. The Morgan fingerprint density at radius 1 is 1.64 bits per heavy atom. The summed E-state index contributed by atoms with van der Waals surface area (Å²) in [5.74, 6) is 0.467. The highest BCUT2D eigenvalue weighted by Crippen LogP contribution is 2.15. The van der Waals surface area contributed by atoms with Gasteiger partial charge in [-0.05, 0) is 12.8 Å². The maximum atomic E-state index is 11.0. The summed E-state index contributed by atoms with van der Waals surface area (Å²) >= 11 is 0. The summed E-state index contributed by atoms with van der Waals surface area (Å²) in [5.41, 5.74) is 5.64. The number of methoxy groups -OCH3 is 1. The van der Waals surface area contributed by atoms with Crippen molar-refractivity contribution in [3.05, 3.63) is 0 Å². The van der Waals surface area contributed by atoms with Gasteiger partial charge < -0.3 is 10.5 Å². The molecular formula is C9H17ClN2O2. The predicted molar refractivity (Wildman–Crippen MR) is 57.8 cm³/mol. The number of esters is 1. The Labute approximate surface area is 90.3 Å². The highest BCUT2D eigenvalue weighted by Gasteiger charge is 2.15. The number of halogens is 1. The summed E-state index contributed by atoms with van der Waals surface area (Å²) in [4.78, 5) is 15.2. The van der Waals surface area contributed by atoms with Gasteiger partial charge in [0.05, 0.1) is 25.4 Å². The van der Waals surface area contributed by atoms with Crippen LogP contribution >= 0.6 is 12.4 Å². The predicted octanol–water partition coefficient (Wildman–Crippen LogP) is 1.27. The maximum absolute atomic E-state index is 11.0. The SMILES string of the molecule is COC(=O)CC1CCCCC(N)=N1.Cl. The van der Waals surface area contributed by atoms with Gasteiger partial charge in [-0.1, -0.05) is 6.42 Å². The molecule has 1 heterocycles. The van der Waals surface area contributed by atoms with Crippen molar-refractivity contribution in [2.75, 3.05) is 7.11 Å². The molecule has 0 saturated carbocycles. The first kappa shape index (κ1) is 13.2. The van der Waals surface area contributed by atoms with Gasteiger partial charge in [0.2, 0.25) is 0 Å². The van der Waals surface area contributed by atoms with Crippen LogP contribution in [0.4, 0.5) is 0 Å². The zero-order valence-electron chi connectivity index (χ0n) is 8.36. The van der Waals surface area contributed by atoms with Gasteiger partial charge >= 0.3 is 5.97 Å². The molecule has 14 heavy (non-hydrogen) atoms. The Bertz CT molecular complexity index is 219. The molecule has 0 aromatic carbocycles. The molecule has 0 bridgehead atoms. The number of aliphatic imine (C=N–C) groups is 1. The van der Waals surface area contributed by atoms with E-state index in [0.29, 0.717) is 12.3 Å². The van der Waals surface area contributed by atoms with Crippen LogP contribution in [-0.2, 0) is 9.53 Å². The third-order valence-corrected chi connectivity index (χ3v) is 2.20. The molecule has 0 fully saturated rings. The molecule has 0 aromatic heterocycles. The monoisotopic (exact) mass is 220 g/mol. The van der Waals surface area contributed by atoms with Gasteiger partial charge in [0, 0.05) is 6.42 Å². The largest absolute Gasteiger partial charge is 0.469 e. The van der Waals surface area contributed by atoms with Crippen LogP contribution < -0.4 is 5.73 Å². The van der Waals surface area contributed by atoms with Gasteiger partial charge in [-0.3, -0.25) is 9.79 Å². The van der Waals surface area contributed by atoms with E-state index in [1.54, 1.807) is 0 Å². The number of carbonyl (C=O) groups excluding carboxylic acids is 1. The molecule has 1 atom stereocenters. The second-order valence-corrected chi connectivity index (χ2v) is 3.30. The third kappa shape index (κ3) is 4.46. The fourth-order valence-corrected chi connectivity index (χ4v) is 1.47. The topological polar surface area (TPSA) is 64.7 Å². The molecule has 1 rings (SSSR count). The molecule has 2 N–H and O–H groups in total. The van der Waals surface area contributed by atoms with E-state index in [-0.39, 0.29) is 24.4 Å². The van der Waals surface area contributed by atoms with E-state index >= 15 is 0 Å². The summed E-state index contributed by atoms with van der Waals surface area (Å²) < 4.78 is 4.58. The molecule has 0 aliphatic carbocycles. The molecule has 0 spiro atoms. The number of hydrogen-bond donors (Lipinski definition) is 1. The number of hydrogen-bond acceptors (Lipinski definition) is 4. The number of amidine groups is 1. The fraction of sp³-hybridized carbons (Fsp3) is 0.778. The minimum atomic E-state index is -0.205. The first-order valence-electron chi connectivity index (χ1n) is 4.61. The number of nitrogens with zero attached hydrogens (tertiary/aromatic N) is 1. The zero-order valence-corrected chi connectivity index (χ0v) is 9.18. The Morgan fingerprint density at radius 2 is 2.36 bits per heavy atom. The molecule has 5 heteroatoms. The summed E-state index contributed by atoms with van der Waals surface area (Å²) in [6.45, 7) is 0. The van der Waals surface area contributed by atoms with E-state index < -0.39 is 0 Å². The summed E-state index contributed by atoms with van der Waals surface area (Å²) in [5, 5.41) is 0. The number of nitrogens with two attached hydrogens (primary N) is 1. The summed E-state index contributed by atoms with van der Waals surface area (Å²) in [6, 6.07) is 0.0370. The minimum Gasteiger partial charge on any atom is -0.469 e. The van der Waals surface area contributed by atoms with Gasteiger partial charge in [-0.2, -0.15) is 0 Å². The molecule has 82 valence electrons. The summed E-state index contributed by atoms with van der Waals surface area (Å²) in [7, 11) is 1.39. The van der Waals surface area contributed by atoms with Gasteiger partial charge in [0.1, 0.15) is 0 Å². The smallest absolute Gasteiger partial charge is 0.307 e. The highest BCUT2D eigenvalue weighted by atomic mass is 35.5. The van der Waals surface area contributed by atoms with Crippen molar-refractivity contribution in [1.82, 2.24) is 0 Å². The van der Waals surface area contributed by atoms with Gasteiger partial charge in [-0.25, -0.2) is 0 Å². The average molecular weight is 221 g/mol.